The van der Waals surface area contributed by atoms with Gasteiger partial charge in [-0.15, -0.1) is 0 Å². The molecule has 17 heavy (non-hydrogen) atoms. The van der Waals surface area contributed by atoms with Gasteiger partial charge in [0.25, 0.3) is 0 Å². The Balaban J connectivity index is 3.10. The molecule has 0 unspecified atom stereocenters. The summed E-state index contributed by atoms with van der Waals surface area (Å²) in [4.78, 5) is 0. The van der Waals surface area contributed by atoms with Crippen molar-refractivity contribution in [3.05, 3.63) is 15.9 Å². The molecule has 0 aromatic carbocycles. The summed E-state index contributed by atoms with van der Waals surface area (Å²) in [5, 5.41) is 23.5. The smallest absolute Gasteiger partial charge is 0.0738 e. The number of aliphatic hydroxyl groups is 2. The standard InChI is InChI=1S/C12H21BrN2O2/c1-8(2)12(6-16,7-17)5-10-11(13)9(3)14-15(10)4/h8,16-17H,5-7H2,1-4H3. The van der Waals surface area contributed by atoms with E-state index in [1.165, 1.54) is 0 Å². The van der Waals surface area contributed by atoms with E-state index in [2.05, 4.69) is 21.0 Å². The van der Waals surface area contributed by atoms with Crippen LogP contribution in [0.5, 0.6) is 0 Å². The molecule has 5 heteroatoms. The van der Waals surface area contributed by atoms with Crippen LogP contribution in [0.2, 0.25) is 0 Å². The molecule has 0 aliphatic carbocycles. The zero-order chi connectivity index (χ0) is 13.2. The number of rotatable bonds is 5. The molecule has 1 heterocycles. The van der Waals surface area contributed by atoms with Crippen molar-refractivity contribution in [3.63, 3.8) is 0 Å². The maximum Gasteiger partial charge on any atom is 0.0738 e. The van der Waals surface area contributed by atoms with Crippen LogP contribution in [-0.2, 0) is 13.5 Å². The molecule has 0 spiro atoms. The summed E-state index contributed by atoms with van der Waals surface area (Å²) in [5.41, 5.74) is 1.44. The molecular formula is C12H21BrN2O2. The maximum absolute atomic E-state index is 9.59. The van der Waals surface area contributed by atoms with Gasteiger partial charge < -0.3 is 10.2 Å². The normalized spacial score (nSPS) is 12.5. The summed E-state index contributed by atoms with van der Waals surface area (Å²) in [7, 11) is 1.88. The van der Waals surface area contributed by atoms with Crippen molar-refractivity contribution in [2.45, 2.75) is 27.2 Å². The number of aliphatic hydroxyl groups excluding tert-OH is 2. The Kier molecular flexibility index (Phi) is 4.75. The molecule has 1 aromatic rings. The van der Waals surface area contributed by atoms with E-state index in [1.54, 1.807) is 0 Å². The van der Waals surface area contributed by atoms with E-state index < -0.39 is 5.41 Å². The van der Waals surface area contributed by atoms with Gasteiger partial charge in [0.2, 0.25) is 0 Å². The number of hydrogen-bond donors (Lipinski definition) is 2. The molecule has 0 aliphatic heterocycles. The largest absolute Gasteiger partial charge is 0.396 e. The van der Waals surface area contributed by atoms with Crippen LogP contribution in [0.4, 0.5) is 0 Å². The molecule has 98 valence electrons. The predicted molar refractivity (Wildman–Crippen MR) is 70.8 cm³/mol. The summed E-state index contributed by atoms with van der Waals surface area (Å²) < 4.78 is 2.77. The van der Waals surface area contributed by atoms with E-state index in [0.717, 1.165) is 15.9 Å². The Labute approximate surface area is 111 Å². The van der Waals surface area contributed by atoms with Crippen LogP contribution < -0.4 is 0 Å². The average Bonchev–Trinajstić information content (AvgIpc) is 2.51. The fourth-order valence-electron chi connectivity index (χ4n) is 1.94. The molecule has 0 atom stereocenters. The maximum atomic E-state index is 9.59. The number of hydrogen-bond acceptors (Lipinski definition) is 3. The average molecular weight is 305 g/mol. The lowest BCUT2D eigenvalue weighted by Gasteiger charge is -2.34. The van der Waals surface area contributed by atoms with E-state index >= 15 is 0 Å². The minimum Gasteiger partial charge on any atom is -0.396 e. The van der Waals surface area contributed by atoms with Crippen molar-refractivity contribution in [1.29, 1.82) is 0 Å². The number of aromatic nitrogens is 2. The number of nitrogens with zero attached hydrogens (tertiary/aromatic N) is 2. The van der Waals surface area contributed by atoms with Crippen molar-refractivity contribution in [1.82, 2.24) is 9.78 Å². The van der Waals surface area contributed by atoms with Crippen LogP contribution in [0.1, 0.15) is 25.2 Å². The van der Waals surface area contributed by atoms with Gasteiger partial charge in [-0.05, 0) is 28.8 Å². The first-order valence-electron chi connectivity index (χ1n) is 5.77. The summed E-state index contributed by atoms with van der Waals surface area (Å²) in [6.07, 6.45) is 0.607. The molecule has 0 amide bonds. The Morgan fingerprint density at radius 1 is 1.35 bits per heavy atom. The molecule has 0 aliphatic rings. The first-order chi connectivity index (χ1) is 7.88. The summed E-state index contributed by atoms with van der Waals surface area (Å²) >= 11 is 3.51. The quantitative estimate of drug-likeness (QED) is 0.870. The SMILES string of the molecule is Cc1nn(C)c(CC(CO)(CO)C(C)C)c1Br. The van der Waals surface area contributed by atoms with Gasteiger partial charge in [-0.1, -0.05) is 13.8 Å². The minimum absolute atomic E-state index is 0.0299. The first-order valence-corrected chi connectivity index (χ1v) is 6.57. The molecule has 1 rings (SSSR count). The Morgan fingerprint density at radius 2 is 1.88 bits per heavy atom. The first kappa shape index (κ1) is 14.7. The monoisotopic (exact) mass is 304 g/mol. The van der Waals surface area contributed by atoms with E-state index in [1.807, 2.05) is 32.5 Å². The van der Waals surface area contributed by atoms with E-state index in [9.17, 15) is 10.2 Å². The van der Waals surface area contributed by atoms with Crippen LogP contribution in [0.3, 0.4) is 0 Å². The molecule has 0 fully saturated rings. The topological polar surface area (TPSA) is 58.3 Å². The highest BCUT2D eigenvalue weighted by atomic mass is 79.9. The van der Waals surface area contributed by atoms with Crippen molar-refractivity contribution < 1.29 is 10.2 Å². The third-order valence-electron chi connectivity index (χ3n) is 3.64. The minimum atomic E-state index is -0.497. The Bertz CT molecular complexity index is 384. The molecule has 0 saturated heterocycles. The molecule has 0 bridgehead atoms. The molecule has 2 N–H and O–H groups in total. The van der Waals surface area contributed by atoms with Crippen LogP contribution >= 0.6 is 15.9 Å². The lowest BCUT2D eigenvalue weighted by Crippen LogP contribution is -2.38. The fourth-order valence-corrected chi connectivity index (χ4v) is 2.41. The zero-order valence-electron chi connectivity index (χ0n) is 10.9. The van der Waals surface area contributed by atoms with Crippen LogP contribution in [0.15, 0.2) is 4.47 Å². The molecule has 1 aromatic heterocycles. The summed E-state index contributed by atoms with van der Waals surface area (Å²) in [6, 6.07) is 0. The third-order valence-corrected chi connectivity index (χ3v) is 4.67. The van der Waals surface area contributed by atoms with E-state index in [-0.39, 0.29) is 19.1 Å². The number of aryl methyl sites for hydroxylation is 2. The molecular weight excluding hydrogens is 284 g/mol. The molecule has 0 radical (unpaired) electrons. The van der Waals surface area contributed by atoms with E-state index in [4.69, 9.17) is 0 Å². The second kappa shape index (κ2) is 5.50. The second-order valence-corrected chi connectivity index (χ2v) is 5.77. The van der Waals surface area contributed by atoms with Crippen LogP contribution in [0, 0.1) is 18.3 Å². The van der Waals surface area contributed by atoms with Crippen molar-refractivity contribution in [2.75, 3.05) is 13.2 Å². The van der Waals surface area contributed by atoms with Gasteiger partial charge in [-0.3, -0.25) is 4.68 Å². The van der Waals surface area contributed by atoms with Gasteiger partial charge in [-0.2, -0.15) is 5.10 Å². The highest BCUT2D eigenvalue weighted by Gasteiger charge is 2.34. The number of halogens is 1. The zero-order valence-corrected chi connectivity index (χ0v) is 12.5. The van der Waals surface area contributed by atoms with Crippen molar-refractivity contribution >= 4 is 15.9 Å². The van der Waals surface area contributed by atoms with Gasteiger partial charge >= 0.3 is 0 Å². The van der Waals surface area contributed by atoms with Gasteiger partial charge in [0.05, 0.1) is 29.1 Å². The lowest BCUT2D eigenvalue weighted by atomic mass is 9.75. The van der Waals surface area contributed by atoms with Gasteiger partial charge in [0.15, 0.2) is 0 Å². The lowest BCUT2D eigenvalue weighted by molar-refractivity contribution is 0.0148. The van der Waals surface area contributed by atoms with Gasteiger partial charge in [0.1, 0.15) is 0 Å². The van der Waals surface area contributed by atoms with E-state index in [0.29, 0.717) is 6.42 Å². The molecule has 0 saturated carbocycles. The van der Waals surface area contributed by atoms with Crippen LogP contribution in [0.25, 0.3) is 0 Å². The van der Waals surface area contributed by atoms with Gasteiger partial charge in [0, 0.05) is 18.9 Å². The highest BCUT2D eigenvalue weighted by molar-refractivity contribution is 9.10. The molecule has 4 nitrogen and oxygen atoms in total. The third kappa shape index (κ3) is 2.72. The Morgan fingerprint density at radius 3 is 2.18 bits per heavy atom. The summed E-state index contributed by atoms with van der Waals surface area (Å²) in [6.45, 7) is 5.91. The summed E-state index contributed by atoms with van der Waals surface area (Å²) in [5.74, 6) is 0.194. The van der Waals surface area contributed by atoms with Crippen molar-refractivity contribution in [3.8, 4) is 0 Å². The highest BCUT2D eigenvalue weighted by Crippen LogP contribution is 2.34. The Hall–Kier alpha value is -0.390. The van der Waals surface area contributed by atoms with Gasteiger partial charge in [-0.25, -0.2) is 0 Å². The predicted octanol–water partition coefficient (Wildman–Crippen LogP) is 1.66. The van der Waals surface area contributed by atoms with Crippen molar-refractivity contribution in [2.24, 2.45) is 18.4 Å². The second-order valence-electron chi connectivity index (χ2n) is 4.98. The fraction of sp³-hybridized carbons (Fsp3) is 0.750. The van der Waals surface area contributed by atoms with Crippen LogP contribution in [-0.4, -0.2) is 33.2 Å².